The van der Waals surface area contributed by atoms with Gasteiger partial charge in [-0.2, -0.15) is 0 Å². The van der Waals surface area contributed by atoms with E-state index in [9.17, 15) is 4.79 Å². The van der Waals surface area contributed by atoms with Crippen molar-refractivity contribution in [3.8, 4) is 11.5 Å². The van der Waals surface area contributed by atoms with Crippen LogP contribution in [0.3, 0.4) is 0 Å². The van der Waals surface area contributed by atoms with Gasteiger partial charge in [-0.25, -0.2) is 4.79 Å². The number of hydrogen-bond donors (Lipinski definition) is 3. The molecule has 31 heavy (non-hydrogen) atoms. The van der Waals surface area contributed by atoms with Gasteiger partial charge in [0.05, 0.1) is 14.2 Å². The second kappa shape index (κ2) is 12.7. The van der Waals surface area contributed by atoms with E-state index in [0.717, 1.165) is 36.7 Å². The van der Waals surface area contributed by atoms with Gasteiger partial charge in [-0.1, -0.05) is 0 Å². The minimum atomic E-state index is -0.504. The molecule has 0 saturated carbocycles. The number of methoxy groups -OCH3 is 2. The average Bonchev–Trinajstić information content (AvgIpc) is 3.17. The SMILES string of the molecule is CN=C(NCCNC(=O)OC(C)(C)C)NC1CCN(c2cc(OC)cc(OC)c2)C1.I. The summed E-state index contributed by atoms with van der Waals surface area (Å²) in [4.78, 5) is 18.2. The molecule has 0 radical (unpaired) electrons. The molecule has 1 aliphatic heterocycles. The molecule has 0 bridgehead atoms. The molecule has 0 spiro atoms. The monoisotopic (exact) mass is 549 g/mol. The molecule has 0 aromatic heterocycles. The molecule has 1 saturated heterocycles. The van der Waals surface area contributed by atoms with Crippen LogP contribution in [0.1, 0.15) is 27.2 Å². The largest absolute Gasteiger partial charge is 0.497 e. The summed E-state index contributed by atoms with van der Waals surface area (Å²) in [7, 11) is 5.04. The number of nitrogens with zero attached hydrogens (tertiary/aromatic N) is 2. The van der Waals surface area contributed by atoms with Gasteiger partial charge in [-0.3, -0.25) is 4.99 Å². The fourth-order valence-electron chi connectivity index (χ4n) is 3.14. The summed E-state index contributed by atoms with van der Waals surface area (Å²) in [6.07, 6.45) is 0.559. The highest BCUT2D eigenvalue weighted by Gasteiger charge is 2.24. The van der Waals surface area contributed by atoms with E-state index in [2.05, 4.69) is 25.8 Å². The molecule has 1 aliphatic rings. The second-order valence-electron chi connectivity index (χ2n) is 8.07. The van der Waals surface area contributed by atoms with Crippen LogP contribution in [0.5, 0.6) is 11.5 Å². The van der Waals surface area contributed by atoms with Crippen molar-refractivity contribution in [2.75, 3.05) is 52.3 Å². The fourth-order valence-corrected chi connectivity index (χ4v) is 3.14. The van der Waals surface area contributed by atoms with Crippen molar-refractivity contribution >= 4 is 41.7 Å². The quantitative estimate of drug-likeness (QED) is 0.208. The summed E-state index contributed by atoms with van der Waals surface area (Å²) < 4.78 is 16.0. The first-order chi connectivity index (χ1) is 14.2. The van der Waals surface area contributed by atoms with E-state index in [-0.39, 0.29) is 30.0 Å². The van der Waals surface area contributed by atoms with Crippen LogP contribution >= 0.6 is 24.0 Å². The third kappa shape index (κ3) is 9.28. The van der Waals surface area contributed by atoms with E-state index in [0.29, 0.717) is 19.0 Å². The minimum Gasteiger partial charge on any atom is -0.497 e. The lowest BCUT2D eigenvalue weighted by atomic mass is 10.2. The highest BCUT2D eigenvalue weighted by Crippen LogP contribution is 2.30. The Morgan fingerprint density at radius 3 is 2.29 bits per heavy atom. The number of rotatable bonds is 7. The number of amides is 1. The van der Waals surface area contributed by atoms with Crippen LogP contribution in [0.25, 0.3) is 0 Å². The van der Waals surface area contributed by atoms with Gasteiger partial charge in [-0.05, 0) is 27.2 Å². The van der Waals surface area contributed by atoms with Crippen molar-refractivity contribution < 1.29 is 19.0 Å². The smallest absolute Gasteiger partial charge is 0.407 e. The Bertz CT molecular complexity index is 717. The van der Waals surface area contributed by atoms with E-state index in [1.165, 1.54) is 0 Å². The van der Waals surface area contributed by atoms with Crippen molar-refractivity contribution in [1.29, 1.82) is 0 Å². The molecule has 1 heterocycles. The molecule has 1 aromatic carbocycles. The number of ether oxygens (including phenoxy) is 3. The summed E-state index contributed by atoms with van der Waals surface area (Å²) in [5.41, 5.74) is 0.566. The average molecular weight is 549 g/mol. The molecule has 1 atom stereocenters. The number of hydrogen-bond acceptors (Lipinski definition) is 6. The number of guanidine groups is 1. The summed E-state index contributed by atoms with van der Waals surface area (Å²) in [5.74, 6) is 2.25. The molecule has 1 amide bonds. The molecule has 2 rings (SSSR count). The summed E-state index contributed by atoms with van der Waals surface area (Å²) in [6.45, 7) is 8.26. The molecule has 1 aromatic rings. The third-order valence-corrected chi connectivity index (χ3v) is 4.54. The van der Waals surface area contributed by atoms with Crippen LogP contribution in [0.4, 0.5) is 10.5 Å². The Morgan fingerprint density at radius 2 is 1.74 bits per heavy atom. The number of anilines is 1. The zero-order chi connectivity index (χ0) is 22.1. The second-order valence-corrected chi connectivity index (χ2v) is 8.07. The Labute approximate surface area is 202 Å². The predicted molar refractivity (Wildman–Crippen MR) is 134 cm³/mol. The maximum absolute atomic E-state index is 11.7. The Kier molecular flexibility index (Phi) is 11.0. The zero-order valence-electron chi connectivity index (χ0n) is 19.3. The van der Waals surface area contributed by atoms with Crippen LogP contribution in [-0.2, 0) is 4.74 Å². The molecule has 1 unspecified atom stereocenters. The number of carbonyl (C=O) groups is 1. The van der Waals surface area contributed by atoms with E-state index < -0.39 is 11.7 Å². The van der Waals surface area contributed by atoms with Crippen LogP contribution in [0, 0.1) is 0 Å². The molecular formula is C21H36IN5O4. The lowest BCUT2D eigenvalue weighted by molar-refractivity contribution is 0.0529. The minimum absolute atomic E-state index is 0. The van der Waals surface area contributed by atoms with Gasteiger partial charge in [0, 0.05) is 63.2 Å². The first kappa shape index (κ1) is 26.9. The highest BCUT2D eigenvalue weighted by atomic mass is 127. The maximum atomic E-state index is 11.7. The molecular weight excluding hydrogens is 513 g/mol. The number of alkyl carbamates (subject to hydrolysis) is 1. The molecule has 3 N–H and O–H groups in total. The first-order valence-electron chi connectivity index (χ1n) is 10.2. The highest BCUT2D eigenvalue weighted by molar-refractivity contribution is 14.0. The molecule has 9 nitrogen and oxygen atoms in total. The van der Waals surface area contributed by atoms with Crippen molar-refractivity contribution in [1.82, 2.24) is 16.0 Å². The van der Waals surface area contributed by atoms with Crippen LogP contribution in [0.15, 0.2) is 23.2 Å². The van der Waals surface area contributed by atoms with Crippen LogP contribution in [-0.4, -0.2) is 71.1 Å². The van der Waals surface area contributed by atoms with Crippen molar-refractivity contribution in [2.24, 2.45) is 4.99 Å². The van der Waals surface area contributed by atoms with E-state index >= 15 is 0 Å². The molecule has 0 aliphatic carbocycles. The lowest BCUT2D eigenvalue weighted by Gasteiger charge is -2.22. The van der Waals surface area contributed by atoms with Gasteiger partial charge in [0.1, 0.15) is 17.1 Å². The first-order valence-corrected chi connectivity index (χ1v) is 10.2. The van der Waals surface area contributed by atoms with Gasteiger partial charge in [0.25, 0.3) is 0 Å². The third-order valence-electron chi connectivity index (χ3n) is 4.54. The normalized spacial score (nSPS) is 16.3. The van der Waals surface area contributed by atoms with Gasteiger partial charge < -0.3 is 35.1 Å². The number of carbonyl (C=O) groups excluding carboxylic acids is 1. The van der Waals surface area contributed by atoms with E-state index in [4.69, 9.17) is 14.2 Å². The molecule has 176 valence electrons. The van der Waals surface area contributed by atoms with Gasteiger partial charge >= 0.3 is 6.09 Å². The Balaban J connectivity index is 0.00000480. The molecule has 1 fully saturated rings. The number of halogens is 1. The summed E-state index contributed by atoms with van der Waals surface area (Å²) in [6, 6.07) is 6.15. The summed E-state index contributed by atoms with van der Waals surface area (Å²) >= 11 is 0. The van der Waals surface area contributed by atoms with Crippen molar-refractivity contribution in [2.45, 2.75) is 38.8 Å². The van der Waals surface area contributed by atoms with Gasteiger partial charge in [-0.15, -0.1) is 24.0 Å². The summed E-state index contributed by atoms with van der Waals surface area (Å²) in [5, 5.41) is 9.38. The van der Waals surface area contributed by atoms with Gasteiger partial charge in [0.2, 0.25) is 0 Å². The molecule has 10 heteroatoms. The standard InChI is InChI=1S/C21H35N5O4.HI/c1-21(2,3)30-20(27)24-9-8-23-19(22-4)25-15-7-10-26(14-15)16-11-17(28-5)13-18(12-16)29-6;/h11-13,15H,7-10,14H2,1-6H3,(H,24,27)(H2,22,23,25);1H. The van der Waals surface area contributed by atoms with Crippen LogP contribution < -0.4 is 30.3 Å². The van der Waals surface area contributed by atoms with Crippen LogP contribution in [0.2, 0.25) is 0 Å². The van der Waals surface area contributed by atoms with E-state index in [1.54, 1.807) is 21.3 Å². The fraction of sp³-hybridized carbons (Fsp3) is 0.619. The number of nitrogens with one attached hydrogen (secondary N) is 3. The topological polar surface area (TPSA) is 96.5 Å². The Morgan fingerprint density at radius 1 is 1.13 bits per heavy atom. The van der Waals surface area contributed by atoms with Crippen molar-refractivity contribution in [3.63, 3.8) is 0 Å². The predicted octanol–water partition coefficient (Wildman–Crippen LogP) is 2.59. The number of aliphatic imine (C=N–C) groups is 1. The maximum Gasteiger partial charge on any atom is 0.407 e. The zero-order valence-corrected chi connectivity index (χ0v) is 21.6. The Hall–Kier alpha value is -2.11. The van der Waals surface area contributed by atoms with E-state index in [1.807, 2.05) is 39.0 Å². The van der Waals surface area contributed by atoms with Gasteiger partial charge in [0.15, 0.2) is 5.96 Å². The number of benzene rings is 1. The lowest BCUT2D eigenvalue weighted by Crippen LogP contribution is -2.46. The van der Waals surface area contributed by atoms with Crippen molar-refractivity contribution in [3.05, 3.63) is 18.2 Å².